The maximum atomic E-state index is 11.3. The molecule has 0 aliphatic heterocycles. The molecular formula is C17H18N4O2. The molecule has 0 saturated heterocycles. The normalized spacial score (nSPS) is 10.7. The van der Waals surface area contributed by atoms with Crippen LogP contribution in [-0.4, -0.2) is 27.6 Å². The highest BCUT2D eigenvalue weighted by molar-refractivity contribution is 5.89. The highest BCUT2D eigenvalue weighted by Crippen LogP contribution is 2.24. The number of carbonyl (C=O) groups is 1. The van der Waals surface area contributed by atoms with E-state index in [0.29, 0.717) is 13.0 Å². The lowest BCUT2D eigenvalue weighted by atomic mass is 10.2. The summed E-state index contributed by atoms with van der Waals surface area (Å²) in [4.78, 5) is 19.9. The number of hydrogen-bond donors (Lipinski definition) is 1. The maximum absolute atomic E-state index is 11.3. The molecule has 0 amide bonds. The molecule has 118 valence electrons. The van der Waals surface area contributed by atoms with Crippen LogP contribution >= 0.6 is 0 Å². The van der Waals surface area contributed by atoms with Gasteiger partial charge in [-0.3, -0.25) is 4.79 Å². The molecule has 3 aromatic rings. The van der Waals surface area contributed by atoms with E-state index in [4.69, 9.17) is 0 Å². The Morgan fingerprint density at radius 2 is 2.00 bits per heavy atom. The van der Waals surface area contributed by atoms with E-state index in [-0.39, 0.29) is 5.97 Å². The Balaban J connectivity index is 1.86. The van der Waals surface area contributed by atoms with Gasteiger partial charge < -0.3 is 14.6 Å². The fourth-order valence-electron chi connectivity index (χ4n) is 2.37. The van der Waals surface area contributed by atoms with Crippen molar-refractivity contribution in [3.63, 3.8) is 0 Å². The van der Waals surface area contributed by atoms with E-state index in [0.717, 1.165) is 22.5 Å². The van der Waals surface area contributed by atoms with Gasteiger partial charge in [0.05, 0.1) is 18.9 Å². The molecule has 3 rings (SSSR count). The Bertz CT molecular complexity index is 824. The highest BCUT2D eigenvalue weighted by Gasteiger charge is 2.10. The molecule has 0 bridgehead atoms. The summed E-state index contributed by atoms with van der Waals surface area (Å²) in [5, 5.41) is 4.22. The number of rotatable bonds is 5. The summed E-state index contributed by atoms with van der Waals surface area (Å²) in [6.07, 6.45) is 3.74. The number of benzene rings is 1. The van der Waals surface area contributed by atoms with Crippen molar-refractivity contribution in [1.82, 2.24) is 14.5 Å². The highest BCUT2D eigenvalue weighted by atomic mass is 16.5. The van der Waals surface area contributed by atoms with Crippen molar-refractivity contribution in [2.75, 3.05) is 12.4 Å². The van der Waals surface area contributed by atoms with Crippen molar-refractivity contribution < 1.29 is 9.53 Å². The third-order valence-corrected chi connectivity index (χ3v) is 3.65. The monoisotopic (exact) mass is 310 g/mol. The maximum Gasteiger partial charge on any atom is 0.307 e. The molecule has 0 radical (unpaired) electrons. The van der Waals surface area contributed by atoms with Gasteiger partial charge in [-0.05, 0) is 25.1 Å². The quantitative estimate of drug-likeness (QED) is 0.734. The molecule has 23 heavy (non-hydrogen) atoms. The van der Waals surface area contributed by atoms with E-state index in [2.05, 4.69) is 20.0 Å². The Morgan fingerprint density at radius 1 is 1.22 bits per heavy atom. The molecule has 0 aliphatic rings. The number of ether oxygens (including phenoxy) is 1. The third-order valence-electron chi connectivity index (χ3n) is 3.65. The van der Waals surface area contributed by atoms with Gasteiger partial charge in [0.25, 0.3) is 0 Å². The molecule has 0 atom stereocenters. The third kappa shape index (κ3) is 3.31. The van der Waals surface area contributed by atoms with E-state index in [1.807, 2.05) is 48.0 Å². The molecule has 1 N–H and O–H groups in total. The average molecular weight is 310 g/mol. The van der Waals surface area contributed by atoms with Gasteiger partial charge in [-0.25, -0.2) is 9.97 Å². The summed E-state index contributed by atoms with van der Waals surface area (Å²) >= 11 is 0. The summed E-state index contributed by atoms with van der Waals surface area (Å²) in [5.41, 5.74) is 2.97. The van der Waals surface area contributed by atoms with Crippen LogP contribution in [0.25, 0.3) is 11.0 Å². The number of carbonyl (C=O) groups excluding carboxylic acids is 1. The number of methoxy groups -OCH3 is 1. The summed E-state index contributed by atoms with van der Waals surface area (Å²) in [6, 6.07) is 10.1. The predicted molar refractivity (Wildman–Crippen MR) is 88.6 cm³/mol. The first-order valence-corrected chi connectivity index (χ1v) is 7.38. The first kappa shape index (κ1) is 15.0. The van der Waals surface area contributed by atoms with Crippen LogP contribution in [0.15, 0.2) is 42.9 Å². The van der Waals surface area contributed by atoms with Crippen LogP contribution in [0.4, 0.5) is 11.5 Å². The molecule has 0 saturated carbocycles. The lowest BCUT2D eigenvalue weighted by Gasteiger charge is -2.08. The second kappa shape index (κ2) is 6.48. The molecule has 0 aliphatic carbocycles. The van der Waals surface area contributed by atoms with E-state index < -0.39 is 0 Å². The zero-order chi connectivity index (χ0) is 16.2. The number of nitrogens with zero attached hydrogens (tertiary/aromatic N) is 3. The van der Waals surface area contributed by atoms with Crippen LogP contribution in [0, 0.1) is 6.92 Å². The second-order valence-corrected chi connectivity index (χ2v) is 5.29. The molecule has 6 nitrogen and oxygen atoms in total. The van der Waals surface area contributed by atoms with Crippen LogP contribution in [0.5, 0.6) is 0 Å². The van der Waals surface area contributed by atoms with E-state index in [1.165, 1.54) is 19.0 Å². The molecule has 6 heteroatoms. The van der Waals surface area contributed by atoms with Crippen molar-refractivity contribution in [2.45, 2.75) is 19.9 Å². The Hall–Kier alpha value is -2.89. The van der Waals surface area contributed by atoms with Gasteiger partial charge in [0.15, 0.2) is 0 Å². The summed E-state index contributed by atoms with van der Waals surface area (Å²) in [6.45, 7) is 2.57. The summed E-state index contributed by atoms with van der Waals surface area (Å²) in [5.74, 6) is 0.509. The van der Waals surface area contributed by atoms with E-state index in [1.54, 1.807) is 0 Å². The van der Waals surface area contributed by atoms with E-state index >= 15 is 0 Å². The predicted octanol–water partition coefficient (Wildman–Crippen LogP) is 3.05. The van der Waals surface area contributed by atoms with Gasteiger partial charge >= 0.3 is 5.97 Å². The molecule has 0 spiro atoms. The first-order chi connectivity index (χ1) is 11.2. The summed E-state index contributed by atoms with van der Waals surface area (Å²) < 4.78 is 6.60. The van der Waals surface area contributed by atoms with Crippen molar-refractivity contribution >= 4 is 28.5 Å². The first-order valence-electron chi connectivity index (χ1n) is 7.38. The molecule has 0 unspecified atom stereocenters. The minimum Gasteiger partial charge on any atom is -0.469 e. The number of aryl methyl sites for hydroxylation is 2. The summed E-state index contributed by atoms with van der Waals surface area (Å²) in [7, 11) is 1.39. The van der Waals surface area contributed by atoms with E-state index in [9.17, 15) is 4.79 Å². The van der Waals surface area contributed by atoms with Crippen molar-refractivity contribution in [2.24, 2.45) is 0 Å². The topological polar surface area (TPSA) is 69.0 Å². The van der Waals surface area contributed by atoms with Crippen LogP contribution in [0.3, 0.4) is 0 Å². The smallest absolute Gasteiger partial charge is 0.307 e. The minimum absolute atomic E-state index is 0.237. The number of fused-ring (bicyclic) bond motifs is 1. The number of esters is 1. The average Bonchev–Trinajstić information content (AvgIpc) is 2.99. The van der Waals surface area contributed by atoms with Gasteiger partial charge in [-0.15, -0.1) is 0 Å². The van der Waals surface area contributed by atoms with Crippen molar-refractivity contribution in [3.8, 4) is 0 Å². The van der Waals surface area contributed by atoms with Crippen LogP contribution in [-0.2, 0) is 16.1 Å². The largest absolute Gasteiger partial charge is 0.469 e. The SMILES string of the molecule is COC(=O)CCn1ccc2c(Nc3ccc(C)cc3)ncnc21. The number of nitrogens with one attached hydrogen (secondary N) is 1. The van der Waals surface area contributed by atoms with Crippen molar-refractivity contribution in [1.29, 1.82) is 0 Å². The number of hydrogen-bond acceptors (Lipinski definition) is 5. The fourth-order valence-corrected chi connectivity index (χ4v) is 2.37. The standard InChI is InChI=1S/C17H18N4O2/c1-12-3-5-13(6-4-12)20-16-14-7-9-21(10-8-15(22)23-2)17(14)19-11-18-16/h3-7,9,11H,8,10H2,1-2H3,(H,18,19,20). The zero-order valence-corrected chi connectivity index (χ0v) is 13.1. The van der Waals surface area contributed by atoms with Crippen LogP contribution in [0.2, 0.25) is 0 Å². The lowest BCUT2D eigenvalue weighted by Crippen LogP contribution is -2.07. The molecule has 2 heterocycles. The van der Waals surface area contributed by atoms with Gasteiger partial charge in [-0.2, -0.15) is 0 Å². The van der Waals surface area contributed by atoms with Crippen LogP contribution < -0.4 is 5.32 Å². The molecule has 2 aromatic heterocycles. The van der Waals surface area contributed by atoms with Crippen LogP contribution in [0.1, 0.15) is 12.0 Å². The van der Waals surface area contributed by atoms with Gasteiger partial charge in [0.2, 0.25) is 0 Å². The molecular weight excluding hydrogens is 292 g/mol. The van der Waals surface area contributed by atoms with Gasteiger partial charge in [-0.1, -0.05) is 17.7 Å². The van der Waals surface area contributed by atoms with Gasteiger partial charge in [0, 0.05) is 18.4 Å². The molecule has 0 fully saturated rings. The second-order valence-electron chi connectivity index (χ2n) is 5.29. The fraction of sp³-hybridized carbons (Fsp3) is 0.235. The molecule has 1 aromatic carbocycles. The minimum atomic E-state index is -0.237. The number of aromatic nitrogens is 3. The van der Waals surface area contributed by atoms with Gasteiger partial charge in [0.1, 0.15) is 17.8 Å². The Kier molecular flexibility index (Phi) is 4.23. The Morgan fingerprint density at radius 3 is 2.74 bits per heavy atom. The zero-order valence-electron chi connectivity index (χ0n) is 13.1. The van der Waals surface area contributed by atoms with Crippen molar-refractivity contribution in [3.05, 3.63) is 48.4 Å². The number of anilines is 2. The Labute approximate surface area is 134 Å². The lowest BCUT2D eigenvalue weighted by molar-refractivity contribution is -0.140.